The minimum absolute atomic E-state index is 0.343. The van der Waals surface area contributed by atoms with Crippen LogP contribution < -0.4 is 4.74 Å². The van der Waals surface area contributed by atoms with Crippen LogP contribution in [0.15, 0.2) is 48.5 Å². The van der Waals surface area contributed by atoms with E-state index in [2.05, 4.69) is 19.1 Å². The lowest BCUT2D eigenvalue weighted by molar-refractivity contribution is 0.212. The van der Waals surface area contributed by atoms with Gasteiger partial charge in [0.1, 0.15) is 5.75 Å². The van der Waals surface area contributed by atoms with Crippen LogP contribution in [-0.4, -0.2) is 20.3 Å². The largest absolute Gasteiger partial charge is 0.497 e. The van der Waals surface area contributed by atoms with Crippen LogP contribution in [0.2, 0.25) is 0 Å². The number of fused-ring (bicyclic) bond motifs is 1. The number of methoxy groups -OCH3 is 1. The molecule has 28 heavy (non-hydrogen) atoms. The molecule has 3 aromatic rings. The van der Waals surface area contributed by atoms with E-state index in [0.717, 1.165) is 21.8 Å². The molecule has 0 aliphatic carbocycles. The fourth-order valence-corrected chi connectivity index (χ4v) is 7.27. The maximum absolute atomic E-state index is 13.8. The number of hydrogen-bond donors (Lipinski definition) is 0. The predicted octanol–water partition coefficient (Wildman–Crippen LogP) is 6.77. The van der Waals surface area contributed by atoms with Crippen molar-refractivity contribution in [3.05, 3.63) is 64.5 Å². The van der Waals surface area contributed by atoms with Gasteiger partial charge in [0.25, 0.3) is 0 Å². The Hall–Kier alpha value is -1.65. The second-order valence-electron chi connectivity index (χ2n) is 6.53. The highest BCUT2D eigenvalue weighted by atomic mass is 32.1. The molecule has 1 heterocycles. The summed E-state index contributed by atoms with van der Waals surface area (Å²) in [6, 6.07) is 16.2. The smallest absolute Gasteiger partial charge is 0.339 e. The molecule has 1 atom stereocenters. The van der Waals surface area contributed by atoms with Crippen LogP contribution in [-0.2, 0) is 20.0 Å². The average Bonchev–Trinajstić information content (AvgIpc) is 3.03. The van der Waals surface area contributed by atoms with Crippen LogP contribution >= 0.6 is 18.9 Å². The number of aryl methyl sites for hydroxylation is 1. The lowest BCUT2D eigenvalue weighted by Gasteiger charge is -2.26. The van der Waals surface area contributed by atoms with Gasteiger partial charge in [-0.1, -0.05) is 30.3 Å². The Morgan fingerprint density at radius 2 is 1.75 bits per heavy atom. The molecule has 0 aliphatic rings. The summed E-state index contributed by atoms with van der Waals surface area (Å²) < 4.78 is 31.9. The van der Waals surface area contributed by atoms with Crippen LogP contribution in [0.5, 0.6) is 5.75 Å². The minimum atomic E-state index is -3.35. The minimum Gasteiger partial charge on any atom is -0.497 e. The van der Waals surface area contributed by atoms with Gasteiger partial charge >= 0.3 is 7.60 Å². The van der Waals surface area contributed by atoms with Gasteiger partial charge in [0.15, 0.2) is 0 Å². The van der Waals surface area contributed by atoms with E-state index in [4.69, 9.17) is 13.8 Å². The molecule has 0 spiro atoms. The molecule has 0 bridgehead atoms. The SMILES string of the molecule is CCOP(=O)(OCC)C(Cc1cccc(OC)c1)c1sc2ccccc2c1C. The van der Waals surface area contributed by atoms with E-state index in [9.17, 15) is 4.57 Å². The van der Waals surface area contributed by atoms with Crippen LogP contribution in [0.1, 0.15) is 35.5 Å². The molecular formula is C22H27O4PS. The molecule has 0 fully saturated rings. The fraction of sp³-hybridized carbons (Fsp3) is 0.364. The Balaban J connectivity index is 2.12. The van der Waals surface area contributed by atoms with Gasteiger partial charge in [0, 0.05) is 9.58 Å². The highest BCUT2D eigenvalue weighted by molar-refractivity contribution is 7.54. The first-order valence-corrected chi connectivity index (χ1v) is 11.9. The van der Waals surface area contributed by atoms with Crippen molar-refractivity contribution in [2.45, 2.75) is 32.9 Å². The van der Waals surface area contributed by atoms with E-state index in [-0.39, 0.29) is 5.66 Å². The van der Waals surface area contributed by atoms with Crippen molar-refractivity contribution in [2.75, 3.05) is 20.3 Å². The van der Waals surface area contributed by atoms with Gasteiger partial charge in [0.05, 0.1) is 26.0 Å². The molecule has 1 aromatic heterocycles. The zero-order valence-electron chi connectivity index (χ0n) is 16.8. The summed E-state index contributed by atoms with van der Waals surface area (Å²) in [6.07, 6.45) is 0.558. The molecule has 150 valence electrons. The van der Waals surface area contributed by atoms with Gasteiger partial charge in [-0.25, -0.2) is 0 Å². The van der Waals surface area contributed by atoms with E-state index < -0.39 is 7.60 Å². The van der Waals surface area contributed by atoms with Gasteiger partial charge in [0.2, 0.25) is 0 Å². The summed E-state index contributed by atoms with van der Waals surface area (Å²) in [4.78, 5) is 1.06. The number of rotatable bonds is 9. The lowest BCUT2D eigenvalue weighted by atomic mass is 10.0. The van der Waals surface area contributed by atoms with Crippen molar-refractivity contribution in [1.29, 1.82) is 0 Å². The maximum Gasteiger partial charge on any atom is 0.339 e. The zero-order chi connectivity index (χ0) is 20.1. The Morgan fingerprint density at radius 3 is 2.39 bits per heavy atom. The molecule has 3 rings (SSSR count). The highest BCUT2D eigenvalue weighted by Gasteiger charge is 2.39. The van der Waals surface area contributed by atoms with E-state index in [1.54, 1.807) is 18.4 Å². The van der Waals surface area contributed by atoms with Crippen molar-refractivity contribution in [3.63, 3.8) is 0 Å². The Bertz CT molecular complexity index is 972. The molecule has 0 saturated carbocycles. The maximum atomic E-state index is 13.8. The molecule has 2 aromatic carbocycles. The lowest BCUT2D eigenvalue weighted by Crippen LogP contribution is -2.09. The number of hydrogen-bond acceptors (Lipinski definition) is 5. The van der Waals surface area contributed by atoms with Crippen LogP contribution in [0.25, 0.3) is 10.1 Å². The van der Waals surface area contributed by atoms with E-state index >= 15 is 0 Å². The summed E-state index contributed by atoms with van der Waals surface area (Å²) in [5, 5.41) is 1.19. The van der Waals surface area contributed by atoms with Crippen molar-refractivity contribution in [3.8, 4) is 5.75 Å². The van der Waals surface area contributed by atoms with Gasteiger partial charge in [-0.3, -0.25) is 4.57 Å². The van der Waals surface area contributed by atoms with Crippen LogP contribution in [0.3, 0.4) is 0 Å². The topological polar surface area (TPSA) is 44.8 Å². The summed E-state index contributed by atoms with van der Waals surface area (Å²) in [7, 11) is -1.70. The highest BCUT2D eigenvalue weighted by Crippen LogP contribution is 2.64. The molecule has 0 saturated heterocycles. The number of benzene rings is 2. The van der Waals surface area contributed by atoms with Gasteiger partial charge in [-0.15, -0.1) is 11.3 Å². The normalized spacial score (nSPS) is 13.0. The van der Waals surface area contributed by atoms with Crippen molar-refractivity contribution < 1.29 is 18.3 Å². The van der Waals surface area contributed by atoms with E-state index in [1.807, 2.05) is 50.2 Å². The second-order valence-corrected chi connectivity index (χ2v) is 9.84. The van der Waals surface area contributed by atoms with E-state index in [0.29, 0.717) is 19.6 Å². The Labute approximate surface area is 171 Å². The van der Waals surface area contributed by atoms with Crippen molar-refractivity contribution in [2.24, 2.45) is 0 Å². The zero-order valence-corrected chi connectivity index (χ0v) is 18.5. The first kappa shape index (κ1) is 21.1. The third-order valence-corrected chi connectivity index (χ3v) is 8.75. The van der Waals surface area contributed by atoms with Gasteiger partial charge in [-0.05, 0) is 61.9 Å². The first-order chi connectivity index (χ1) is 13.5. The summed E-state index contributed by atoms with van der Waals surface area (Å²) in [6.45, 7) is 6.48. The Kier molecular flexibility index (Phi) is 6.95. The number of ether oxygens (including phenoxy) is 1. The molecular weight excluding hydrogens is 391 g/mol. The molecule has 0 radical (unpaired) electrons. The summed E-state index contributed by atoms with van der Waals surface area (Å²) in [5.41, 5.74) is 1.82. The van der Waals surface area contributed by atoms with Gasteiger partial charge < -0.3 is 13.8 Å². The van der Waals surface area contributed by atoms with Gasteiger partial charge in [-0.2, -0.15) is 0 Å². The third-order valence-electron chi connectivity index (χ3n) is 4.75. The number of thiophene rings is 1. The summed E-state index contributed by atoms with van der Waals surface area (Å²) in [5.74, 6) is 0.784. The quantitative estimate of drug-likeness (QED) is 0.360. The predicted molar refractivity (Wildman–Crippen MR) is 117 cm³/mol. The Morgan fingerprint density at radius 1 is 1.04 bits per heavy atom. The average molecular weight is 418 g/mol. The molecule has 1 unspecified atom stereocenters. The monoisotopic (exact) mass is 418 g/mol. The molecule has 4 nitrogen and oxygen atoms in total. The molecule has 0 N–H and O–H groups in total. The van der Waals surface area contributed by atoms with Crippen molar-refractivity contribution in [1.82, 2.24) is 0 Å². The fourth-order valence-electron chi connectivity index (χ4n) is 3.46. The van der Waals surface area contributed by atoms with Crippen LogP contribution in [0, 0.1) is 6.92 Å². The first-order valence-electron chi connectivity index (χ1n) is 9.52. The standard InChI is InChI=1S/C22H27O4PS/c1-5-25-27(23,26-6-2)20(15-17-10-9-11-18(14-17)24-4)22-16(3)19-12-7-8-13-21(19)28-22/h7-14,20H,5-6,15H2,1-4H3. The molecule has 6 heteroatoms. The van der Waals surface area contributed by atoms with Crippen molar-refractivity contribution >= 4 is 29.0 Å². The van der Waals surface area contributed by atoms with E-state index in [1.165, 1.54) is 10.1 Å². The molecule has 0 amide bonds. The third kappa shape index (κ3) is 4.33. The summed E-state index contributed by atoms with van der Waals surface area (Å²) >= 11 is 1.68. The molecule has 0 aliphatic heterocycles. The second kappa shape index (κ2) is 9.23. The van der Waals surface area contributed by atoms with Crippen LogP contribution in [0.4, 0.5) is 0 Å².